The van der Waals surface area contributed by atoms with Gasteiger partial charge in [-0.25, -0.2) is 0 Å². The van der Waals surface area contributed by atoms with E-state index in [-0.39, 0.29) is 12.6 Å². The molecule has 0 heterocycles. The lowest BCUT2D eigenvalue weighted by Gasteiger charge is -2.33. The van der Waals surface area contributed by atoms with Gasteiger partial charge >= 0.3 is 5.97 Å². The van der Waals surface area contributed by atoms with Gasteiger partial charge in [0.15, 0.2) is 0 Å². The topological polar surface area (TPSA) is 68.2 Å². The van der Waals surface area contributed by atoms with Crippen LogP contribution in [0.2, 0.25) is 0 Å². The number of methoxy groups -OCH3 is 3. The first-order valence-corrected chi connectivity index (χ1v) is 5.53. The van der Waals surface area contributed by atoms with Crippen molar-refractivity contribution in [3.63, 3.8) is 0 Å². The predicted octanol–water partition coefficient (Wildman–Crippen LogP) is 0.0693. The molecule has 17 heavy (non-hydrogen) atoms. The Morgan fingerprint density at radius 2 is 1.76 bits per heavy atom. The highest BCUT2D eigenvalue weighted by Crippen LogP contribution is 2.07. The Hall–Kier alpha value is -0.690. The van der Waals surface area contributed by atoms with Crippen molar-refractivity contribution in [3.8, 4) is 0 Å². The van der Waals surface area contributed by atoms with Gasteiger partial charge in [0.2, 0.25) is 0 Å². The summed E-state index contributed by atoms with van der Waals surface area (Å²) in [5.41, 5.74) is 0. The largest absolute Gasteiger partial charge is 0.480 e. The van der Waals surface area contributed by atoms with Crippen LogP contribution in [-0.4, -0.2) is 75.8 Å². The third-order valence-electron chi connectivity index (χ3n) is 2.54. The van der Waals surface area contributed by atoms with Gasteiger partial charge < -0.3 is 19.3 Å². The number of carboxylic acid groups (broad SMARTS) is 1. The monoisotopic (exact) mass is 249 g/mol. The van der Waals surface area contributed by atoms with Crippen LogP contribution >= 0.6 is 0 Å². The number of hydrogen-bond donors (Lipinski definition) is 1. The number of ether oxygens (including phenoxy) is 3. The van der Waals surface area contributed by atoms with Crippen LogP contribution in [0.15, 0.2) is 0 Å². The number of carboxylic acids is 1. The second kappa shape index (κ2) is 9.35. The fourth-order valence-electron chi connectivity index (χ4n) is 1.68. The number of rotatable bonds is 10. The molecule has 1 N–H and O–H groups in total. The molecule has 0 saturated heterocycles. The van der Waals surface area contributed by atoms with E-state index in [1.165, 1.54) is 7.11 Å². The first-order chi connectivity index (χ1) is 8.08. The van der Waals surface area contributed by atoms with Crippen LogP contribution in [0.4, 0.5) is 0 Å². The molecule has 0 radical (unpaired) electrons. The third kappa shape index (κ3) is 5.97. The molecule has 2 unspecified atom stereocenters. The number of nitrogens with zero attached hydrogens (tertiary/aromatic N) is 1. The number of carbonyl (C=O) groups is 1. The minimum absolute atomic E-state index is 0.00796. The van der Waals surface area contributed by atoms with Gasteiger partial charge in [0, 0.05) is 33.9 Å². The first kappa shape index (κ1) is 16.3. The molecule has 0 aromatic heterocycles. The van der Waals surface area contributed by atoms with Crippen LogP contribution < -0.4 is 0 Å². The zero-order valence-corrected chi connectivity index (χ0v) is 11.0. The highest BCUT2D eigenvalue weighted by molar-refractivity contribution is 5.73. The Morgan fingerprint density at radius 1 is 1.18 bits per heavy atom. The Kier molecular flexibility index (Phi) is 8.97. The van der Waals surface area contributed by atoms with Crippen molar-refractivity contribution >= 4 is 5.97 Å². The van der Waals surface area contributed by atoms with Crippen LogP contribution in [0.1, 0.15) is 6.92 Å². The average molecular weight is 249 g/mol. The van der Waals surface area contributed by atoms with E-state index >= 15 is 0 Å². The molecule has 0 aliphatic rings. The van der Waals surface area contributed by atoms with Crippen LogP contribution in [0.25, 0.3) is 0 Å². The van der Waals surface area contributed by atoms with Crippen LogP contribution in [-0.2, 0) is 19.0 Å². The molecule has 0 bridgehead atoms. The Morgan fingerprint density at radius 3 is 2.18 bits per heavy atom. The maximum Gasteiger partial charge on any atom is 0.323 e. The van der Waals surface area contributed by atoms with Crippen molar-refractivity contribution in [2.45, 2.75) is 19.0 Å². The molecule has 0 aliphatic carbocycles. The van der Waals surface area contributed by atoms with Crippen molar-refractivity contribution in [1.82, 2.24) is 4.90 Å². The van der Waals surface area contributed by atoms with Crippen molar-refractivity contribution in [3.05, 3.63) is 0 Å². The molecular formula is C11H23NO5. The summed E-state index contributed by atoms with van der Waals surface area (Å²) in [6.07, 6.45) is 0. The van der Waals surface area contributed by atoms with E-state index < -0.39 is 12.0 Å². The average Bonchev–Trinajstić information content (AvgIpc) is 2.28. The summed E-state index contributed by atoms with van der Waals surface area (Å²) in [5, 5.41) is 9.19. The summed E-state index contributed by atoms with van der Waals surface area (Å²) in [6.45, 7) is 3.54. The SMILES string of the molecule is COCCN(C(C)COC)C(COC)C(=O)O. The molecule has 0 aromatic rings. The zero-order chi connectivity index (χ0) is 13.3. The zero-order valence-electron chi connectivity index (χ0n) is 11.0. The van der Waals surface area contributed by atoms with Crippen molar-refractivity contribution < 1.29 is 24.1 Å². The molecule has 6 heteroatoms. The lowest BCUT2D eigenvalue weighted by molar-refractivity contribution is -0.147. The van der Waals surface area contributed by atoms with E-state index in [0.717, 1.165) is 0 Å². The molecule has 102 valence electrons. The molecule has 0 fully saturated rings. The van der Waals surface area contributed by atoms with Gasteiger partial charge in [-0.1, -0.05) is 0 Å². The van der Waals surface area contributed by atoms with Crippen molar-refractivity contribution in [2.75, 3.05) is 47.7 Å². The Balaban J connectivity index is 4.64. The predicted molar refractivity (Wildman–Crippen MR) is 63.2 cm³/mol. The summed E-state index contributed by atoms with van der Waals surface area (Å²) in [4.78, 5) is 13.0. The van der Waals surface area contributed by atoms with Crippen LogP contribution in [0, 0.1) is 0 Å². The van der Waals surface area contributed by atoms with E-state index in [9.17, 15) is 9.90 Å². The van der Waals surface area contributed by atoms with Crippen molar-refractivity contribution in [1.29, 1.82) is 0 Å². The summed E-state index contributed by atoms with van der Waals surface area (Å²) >= 11 is 0. The highest BCUT2D eigenvalue weighted by atomic mass is 16.5. The maximum absolute atomic E-state index is 11.2. The quantitative estimate of drug-likeness (QED) is 0.591. The smallest absolute Gasteiger partial charge is 0.323 e. The van der Waals surface area contributed by atoms with Gasteiger partial charge in [0.1, 0.15) is 6.04 Å². The molecule has 0 amide bonds. The van der Waals surface area contributed by atoms with Crippen LogP contribution in [0.5, 0.6) is 0 Å². The van der Waals surface area contributed by atoms with Gasteiger partial charge in [0.05, 0.1) is 19.8 Å². The number of aliphatic carboxylic acids is 1. The molecule has 0 aliphatic heterocycles. The maximum atomic E-state index is 11.2. The normalized spacial score (nSPS) is 14.9. The van der Waals surface area contributed by atoms with Crippen molar-refractivity contribution in [2.24, 2.45) is 0 Å². The van der Waals surface area contributed by atoms with Crippen LogP contribution in [0.3, 0.4) is 0 Å². The van der Waals surface area contributed by atoms with Gasteiger partial charge in [-0.2, -0.15) is 0 Å². The third-order valence-corrected chi connectivity index (χ3v) is 2.54. The second-order valence-electron chi connectivity index (χ2n) is 3.84. The standard InChI is InChI=1S/C11H23NO5/c1-9(7-16-3)12(5-6-15-2)10(8-17-4)11(13)14/h9-10H,5-8H2,1-4H3,(H,13,14). The lowest BCUT2D eigenvalue weighted by atomic mass is 10.2. The van der Waals surface area contributed by atoms with Gasteiger partial charge in [-0.15, -0.1) is 0 Å². The molecule has 0 aromatic carbocycles. The Labute approximate surface area is 102 Å². The summed E-state index contributed by atoms with van der Waals surface area (Å²) < 4.78 is 15.0. The lowest BCUT2D eigenvalue weighted by Crippen LogP contribution is -2.51. The molecule has 2 atom stereocenters. The summed E-state index contributed by atoms with van der Waals surface area (Å²) in [6, 6.07) is -0.688. The van der Waals surface area contributed by atoms with Gasteiger partial charge in [0.25, 0.3) is 0 Å². The van der Waals surface area contributed by atoms with E-state index in [2.05, 4.69) is 0 Å². The molecular weight excluding hydrogens is 226 g/mol. The minimum Gasteiger partial charge on any atom is -0.480 e. The van der Waals surface area contributed by atoms with E-state index in [1.807, 2.05) is 11.8 Å². The number of hydrogen-bond acceptors (Lipinski definition) is 5. The fourth-order valence-corrected chi connectivity index (χ4v) is 1.68. The molecule has 0 rings (SSSR count). The highest BCUT2D eigenvalue weighted by Gasteiger charge is 2.29. The Bertz CT molecular complexity index is 212. The van der Waals surface area contributed by atoms with Gasteiger partial charge in [-0.05, 0) is 6.92 Å². The minimum atomic E-state index is -0.897. The van der Waals surface area contributed by atoms with E-state index in [1.54, 1.807) is 14.2 Å². The molecule has 0 spiro atoms. The molecule has 0 saturated carbocycles. The van der Waals surface area contributed by atoms with E-state index in [4.69, 9.17) is 14.2 Å². The molecule has 6 nitrogen and oxygen atoms in total. The first-order valence-electron chi connectivity index (χ1n) is 5.53. The fraction of sp³-hybridized carbons (Fsp3) is 0.909. The van der Waals surface area contributed by atoms with E-state index in [0.29, 0.717) is 19.8 Å². The summed E-state index contributed by atoms with van der Waals surface area (Å²) in [7, 11) is 4.67. The summed E-state index contributed by atoms with van der Waals surface area (Å²) in [5.74, 6) is -0.897. The van der Waals surface area contributed by atoms with Gasteiger partial charge in [-0.3, -0.25) is 9.69 Å². The second-order valence-corrected chi connectivity index (χ2v) is 3.84.